The predicted octanol–water partition coefficient (Wildman–Crippen LogP) is 4.14. The van der Waals surface area contributed by atoms with Crippen LogP contribution in [0, 0.1) is 5.82 Å². The fraction of sp³-hybridized carbons (Fsp3) is 0.286. The first-order valence-electron chi connectivity index (χ1n) is 6.07. The van der Waals surface area contributed by atoms with Gasteiger partial charge in [0.25, 0.3) is 0 Å². The van der Waals surface area contributed by atoms with Crippen LogP contribution in [-0.2, 0) is 6.18 Å². The topological polar surface area (TPSA) is 25.2 Å². The highest BCUT2D eigenvalue weighted by Gasteiger charge is 2.35. The summed E-state index contributed by atoms with van der Waals surface area (Å²) >= 11 is 0. The van der Waals surface area contributed by atoms with Crippen LogP contribution in [0.4, 0.5) is 17.6 Å². The molecule has 2 nitrogen and oxygen atoms in total. The molecule has 0 aliphatic carbocycles. The number of hydrogen-bond donors (Lipinski definition) is 1. The van der Waals surface area contributed by atoms with Crippen LogP contribution in [0.2, 0.25) is 0 Å². The van der Waals surface area contributed by atoms with E-state index in [1.54, 1.807) is 12.1 Å². The lowest BCUT2D eigenvalue weighted by molar-refractivity contribution is -0.140. The average Bonchev–Trinajstić information content (AvgIpc) is 2.89. The number of alkyl halides is 3. The van der Waals surface area contributed by atoms with E-state index >= 15 is 0 Å². The Kier molecular flexibility index (Phi) is 4.13. The van der Waals surface area contributed by atoms with Gasteiger partial charge >= 0.3 is 6.18 Å². The van der Waals surface area contributed by atoms with Crippen LogP contribution < -0.4 is 5.32 Å². The van der Waals surface area contributed by atoms with E-state index in [1.165, 1.54) is 12.3 Å². The summed E-state index contributed by atoms with van der Waals surface area (Å²) < 4.78 is 56.7. The van der Waals surface area contributed by atoms with Gasteiger partial charge in [-0.05, 0) is 36.4 Å². The molecule has 0 amide bonds. The third-order valence-electron chi connectivity index (χ3n) is 2.87. The normalized spacial score (nSPS) is 13.4. The molecule has 2 rings (SSSR count). The molecule has 6 heteroatoms. The Labute approximate surface area is 113 Å². The summed E-state index contributed by atoms with van der Waals surface area (Å²) in [7, 11) is 0. The summed E-state index contributed by atoms with van der Waals surface area (Å²) in [5, 5.41) is 3.02. The van der Waals surface area contributed by atoms with Gasteiger partial charge in [0.15, 0.2) is 0 Å². The number of hydrogen-bond acceptors (Lipinski definition) is 2. The standard InChI is InChI=1S/C14H13F4NO/c1-2-19-13(12-4-3-7-20-12)9-5-6-11(15)10(8-9)14(16,17)18/h3-8,13,19H,2H2,1H3. The molecule has 0 aliphatic rings. The highest BCUT2D eigenvalue weighted by atomic mass is 19.4. The summed E-state index contributed by atoms with van der Waals surface area (Å²) in [5.74, 6) is -0.803. The van der Waals surface area contributed by atoms with E-state index in [1.807, 2.05) is 6.92 Å². The van der Waals surface area contributed by atoms with Crippen molar-refractivity contribution in [3.05, 3.63) is 59.3 Å². The fourth-order valence-corrected chi connectivity index (χ4v) is 1.98. The molecule has 1 unspecified atom stereocenters. The monoisotopic (exact) mass is 287 g/mol. The van der Waals surface area contributed by atoms with Crippen molar-refractivity contribution in [3.63, 3.8) is 0 Å². The van der Waals surface area contributed by atoms with Crippen LogP contribution in [0.25, 0.3) is 0 Å². The Morgan fingerprint density at radius 2 is 2.00 bits per heavy atom. The van der Waals surface area contributed by atoms with Crippen molar-refractivity contribution in [2.45, 2.75) is 19.1 Å². The molecule has 0 aliphatic heterocycles. The lowest BCUT2D eigenvalue weighted by Gasteiger charge is -2.18. The Morgan fingerprint density at radius 3 is 2.55 bits per heavy atom. The SMILES string of the molecule is CCNC(c1ccc(F)c(C(F)(F)F)c1)c1ccco1. The van der Waals surface area contributed by atoms with E-state index in [0.29, 0.717) is 17.9 Å². The van der Waals surface area contributed by atoms with Gasteiger partial charge in [-0.2, -0.15) is 13.2 Å². The van der Waals surface area contributed by atoms with Gasteiger partial charge in [-0.3, -0.25) is 0 Å². The van der Waals surface area contributed by atoms with Crippen molar-refractivity contribution >= 4 is 0 Å². The summed E-state index contributed by atoms with van der Waals surface area (Å²) in [6, 6.07) is 5.71. The first-order valence-corrected chi connectivity index (χ1v) is 6.07. The second-order valence-corrected chi connectivity index (χ2v) is 4.24. The number of rotatable bonds is 4. The summed E-state index contributed by atoms with van der Waals surface area (Å²) in [6.07, 6.45) is -3.28. The highest BCUT2D eigenvalue weighted by molar-refractivity contribution is 5.33. The summed E-state index contributed by atoms with van der Waals surface area (Å²) in [4.78, 5) is 0. The quantitative estimate of drug-likeness (QED) is 0.855. The zero-order valence-electron chi connectivity index (χ0n) is 10.7. The third kappa shape index (κ3) is 3.01. The smallest absolute Gasteiger partial charge is 0.419 e. The minimum Gasteiger partial charge on any atom is -0.467 e. The fourth-order valence-electron chi connectivity index (χ4n) is 1.98. The number of halogens is 4. The number of benzene rings is 1. The van der Waals surface area contributed by atoms with E-state index in [-0.39, 0.29) is 0 Å². The molecule has 0 saturated heterocycles. The Bertz CT molecular complexity index is 563. The minimum absolute atomic E-state index is 0.301. The van der Waals surface area contributed by atoms with Gasteiger partial charge in [0.05, 0.1) is 17.9 Å². The summed E-state index contributed by atoms with van der Waals surface area (Å²) in [6.45, 7) is 2.36. The van der Waals surface area contributed by atoms with E-state index in [4.69, 9.17) is 4.42 Å². The van der Waals surface area contributed by atoms with Gasteiger partial charge in [-0.1, -0.05) is 13.0 Å². The first kappa shape index (κ1) is 14.6. The average molecular weight is 287 g/mol. The van der Waals surface area contributed by atoms with Crippen LogP contribution in [0.3, 0.4) is 0 Å². The van der Waals surface area contributed by atoms with Gasteiger partial charge in [0.2, 0.25) is 0 Å². The molecule has 0 bridgehead atoms. The van der Waals surface area contributed by atoms with E-state index in [2.05, 4.69) is 5.32 Å². The van der Waals surface area contributed by atoms with E-state index in [9.17, 15) is 17.6 Å². The van der Waals surface area contributed by atoms with E-state index in [0.717, 1.165) is 12.1 Å². The molecule has 0 fully saturated rings. The zero-order valence-corrected chi connectivity index (χ0v) is 10.7. The molecule has 2 aromatic rings. The van der Waals surface area contributed by atoms with Gasteiger partial charge in [0.1, 0.15) is 11.6 Å². The van der Waals surface area contributed by atoms with Gasteiger partial charge in [0, 0.05) is 0 Å². The van der Waals surface area contributed by atoms with Crippen molar-refractivity contribution < 1.29 is 22.0 Å². The second-order valence-electron chi connectivity index (χ2n) is 4.24. The Hall–Kier alpha value is -1.82. The Balaban J connectivity index is 2.45. The minimum atomic E-state index is -4.72. The van der Waals surface area contributed by atoms with Crippen molar-refractivity contribution in [2.75, 3.05) is 6.54 Å². The maximum Gasteiger partial charge on any atom is 0.419 e. The third-order valence-corrected chi connectivity index (χ3v) is 2.87. The largest absolute Gasteiger partial charge is 0.467 e. The molecule has 1 N–H and O–H groups in total. The van der Waals surface area contributed by atoms with Crippen LogP contribution in [0.15, 0.2) is 41.0 Å². The molecular formula is C14H13F4NO. The predicted molar refractivity (Wildman–Crippen MR) is 65.6 cm³/mol. The van der Waals surface area contributed by atoms with Gasteiger partial charge in [-0.15, -0.1) is 0 Å². The molecule has 1 aromatic heterocycles. The molecule has 20 heavy (non-hydrogen) atoms. The van der Waals surface area contributed by atoms with Crippen molar-refractivity contribution in [3.8, 4) is 0 Å². The molecule has 108 valence electrons. The number of nitrogens with one attached hydrogen (secondary N) is 1. The lowest BCUT2D eigenvalue weighted by atomic mass is 10.0. The van der Waals surface area contributed by atoms with Crippen molar-refractivity contribution in [1.29, 1.82) is 0 Å². The maximum atomic E-state index is 13.3. The highest BCUT2D eigenvalue weighted by Crippen LogP contribution is 2.34. The maximum absolute atomic E-state index is 13.3. The summed E-state index contributed by atoms with van der Waals surface area (Å²) in [5.41, 5.74) is -0.972. The van der Waals surface area contributed by atoms with Crippen molar-refractivity contribution in [1.82, 2.24) is 5.32 Å². The molecule has 1 heterocycles. The molecule has 0 radical (unpaired) electrons. The lowest BCUT2D eigenvalue weighted by Crippen LogP contribution is -2.22. The first-order chi connectivity index (χ1) is 9.43. The molecule has 1 aromatic carbocycles. The molecule has 0 saturated carbocycles. The van der Waals surface area contributed by atoms with Crippen LogP contribution in [0.1, 0.15) is 29.9 Å². The zero-order chi connectivity index (χ0) is 14.8. The molecule has 0 spiro atoms. The number of furan rings is 1. The van der Waals surface area contributed by atoms with Crippen molar-refractivity contribution in [2.24, 2.45) is 0 Å². The van der Waals surface area contributed by atoms with Crippen LogP contribution in [0.5, 0.6) is 0 Å². The second kappa shape index (κ2) is 5.66. The Morgan fingerprint density at radius 1 is 1.25 bits per heavy atom. The molecular weight excluding hydrogens is 274 g/mol. The van der Waals surface area contributed by atoms with Crippen LogP contribution in [-0.4, -0.2) is 6.54 Å². The van der Waals surface area contributed by atoms with Gasteiger partial charge < -0.3 is 9.73 Å². The molecule has 1 atom stereocenters. The van der Waals surface area contributed by atoms with Crippen LogP contribution >= 0.6 is 0 Å². The van der Waals surface area contributed by atoms with Gasteiger partial charge in [-0.25, -0.2) is 4.39 Å². The van der Waals surface area contributed by atoms with E-state index < -0.39 is 23.6 Å².